The number of carbonyl (C=O) groups excluding carboxylic acids is 1. The Kier molecular flexibility index (Phi) is 8.04. The Morgan fingerprint density at radius 3 is 2.35 bits per heavy atom. The zero-order valence-electron chi connectivity index (χ0n) is 20.1. The lowest BCUT2D eigenvalue weighted by atomic mass is 9.95. The van der Waals surface area contributed by atoms with Crippen LogP contribution in [-0.4, -0.2) is 61.6 Å². The first-order chi connectivity index (χ1) is 16.5. The molecular formula is C27H34N4O3. The molecule has 1 saturated heterocycles. The molecule has 1 fully saturated rings. The Labute approximate surface area is 202 Å². The second-order valence-electron chi connectivity index (χ2n) is 9.41. The van der Waals surface area contributed by atoms with E-state index in [4.69, 9.17) is 14.7 Å². The summed E-state index contributed by atoms with van der Waals surface area (Å²) in [7, 11) is 0. The van der Waals surface area contributed by atoms with Crippen LogP contribution in [-0.2, 0) is 11.3 Å². The Morgan fingerprint density at radius 1 is 1.00 bits per heavy atom. The summed E-state index contributed by atoms with van der Waals surface area (Å²) in [5.74, 6) is 1.83. The molecule has 2 aromatic carbocycles. The fourth-order valence-electron chi connectivity index (χ4n) is 4.48. The van der Waals surface area contributed by atoms with Gasteiger partial charge in [-0.2, -0.15) is 5.26 Å². The molecule has 1 N–H and O–H groups in total. The van der Waals surface area contributed by atoms with Gasteiger partial charge >= 0.3 is 0 Å². The fraction of sp³-hybridized carbons (Fsp3) is 0.481. The van der Waals surface area contributed by atoms with Gasteiger partial charge < -0.3 is 14.8 Å². The highest BCUT2D eigenvalue weighted by Gasteiger charge is 2.24. The van der Waals surface area contributed by atoms with Gasteiger partial charge in [0.1, 0.15) is 0 Å². The summed E-state index contributed by atoms with van der Waals surface area (Å²) in [5, 5.41) is 12.2. The lowest BCUT2D eigenvalue weighted by molar-refractivity contribution is -0.123. The number of benzene rings is 2. The molecule has 1 atom stereocenters. The second-order valence-corrected chi connectivity index (χ2v) is 9.41. The summed E-state index contributed by atoms with van der Waals surface area (Å²) in [6, 6.07) is 15.8. The third-order valence-corrected chi connectivity index (χ3v) is 6.44. The molecule has 7 nitrogen and oxygen atoms in total. The van der Waals surface area contributed by atoms with E-state index in [1.165, 1.54) is 5.56 Å². The quantitative estimate of drug-likeness (QED) is 0.680. The van der Waals surface area contributed by atoms with Crippen molar-refractivity contribution in [3.05, 3.63) is 59.2 Å². The number of nitrogens with one attached hydrogen (secondary N) is 1. The molecule has 4 rings (SSSR count). The smallest absolute Gasteiger partial charge is 0.234 e. The van der Waals surface area contributed by atoms with Crippen LogP contribution in [0.5, 0.6) is 11.5 Å². The second kappa shape index (κ2) is 11.4. The maximum absolute atomic E-state index is 12.9. The van der Waals surface area contributed by atoms with Crippen molar-refractivity contribution in [1.29, 1.82) is 5.26 Å². The van der Waals surface area contributed by atoms with Crippen LogP contribution in [0.1, 0.15) is 43.0 Å². The van der Waals surface area contributed by atoms with Gasteiger partial charge in [0.2, 0.25) is 5.91 Å². The first kappa shape index (κ1) is 24.1. The number of hydrogen-bond acceptors (Lipinski definition) is 6. The summed E-state index contributed by atoms with van der Waals surface area (Å²) in [6.07, 6.45) is 0.870. The van der Waals surface area contributed by atoms with E-state index >= 15 is 0 Å². The van der Waals surface area contributed by atoms with Crippen LogP contribution in [0.4, 0.5) is 0 Å². The van der Waals surface area contributed by atoms with Gasteiger partial charge in [-0.3, -0.25) is 14.6 Å². The number of piperazine rings is 1. The Balaban J connectivity index is 1.28. The first-order valence-electron chi connectivity index (χ1n) is 12.1. The Bertz CT molecular complexity index is 1010. The maximum atomic E-state index is 12.9. The lowest BCUT2D eigenvalue weighted by Crippen LogP contribution is -2.49. The highest BCUT2D eigenvalue weighted by atomic mass is 16.5. The molecule has 1 amide bonds. The van der Waals surface area contributed by atoms with Crippen LogP contribution in [0.3, 0.4) is 0 Å². The van der Waals surface area contributed by atoms with Gasteiger partial charge in [-0.05, 0) is 41.3 Å². The molecule has 2 heterocycles. The molecule has 2 aliphatic heterocycles. The number of nitriles is 1. The van der Waals surface area contributed by atoms with Crippen molar-refractivity contribution in [2.24, 2.45) is 5.92 Å². The average Bonchev–Trinajstić information content (AvgIpc) is 3.09. The number of nitrogens with zero attached hydrogens (tertiary/aromatic N) is 3. The summed E-state index contributed by atoms with van der Waals surface area (Å²) < 4.78 is 11.6. The van der Waals surface area contributed by atoms with Crippen molar-refractivity contribution < 1.29 is 14.3 Å². The van der Waals surface area contributed by atoms with Gasteiger partial charge in [0, 0.05) is 39.1 Å². The number of amides is 1. The molecule has 0 bridgehead atoms. The van der Waals surface area contributed by atoms with Crippen molar-refractivity contribution in [3.8, 4) is 17.6 Å². The molecule has 0 spiro atoms. The van der Waals surface area contributed by atoms with Crippen molar-refractivity contribution in [2.45, 2.75) is 32.9 Å². The number of rotatable bonds is 7. The lowest BCUT2D eigenvalue weighted by Gasteiger charge is -2.34. The normalized spacial score (nSPS) is 17.6. The average molecular weight is 463 g/mol. The largest absolute Gasteiger partial charge is 0.490 e. The molecule has 7 heteroatoms. The van der Waals surface area contributed by atoms with E-state index in [1.54, 1.807) is 0 Å². The van der Waals surface area contributed by atoms with Gasteiger partial charge in [0.05, 0.1) is 37.4 Å². The predicted molar refractivity (Wildman–Crippen MR) is 131 cm³/mol. The van der Waals surface area contributed by atoms with Crippen LogP contribution in [0.2, 0.25) is 0 Å². The monoisotopic (exact) mass is 462 g/mol. The molecule has 0 aliphatic carbocycles. The number of ether oxygens (including phenoxy) is 2. The summed E-state index contributed by atoms with van der Waals surface area (Å²) in [4.78, 5) is 17.5. The Morgan fingerprint density at radius 2 is 1.68 bits per heavy atom. The summed E-state index contributed by atoms with van der Waals surface area (Å²) in [6.45, 7) is 10.4. The van der Waals surface area contributed by atoms with Crippen molar-refractivity contribution in [2.75, 3.05) is 45.9 Å². The molecular weight excluding hydrogens is 428 g/mol. The summed E-state index contributed by atoms with van der Waals surface area (Å²) in [5.41, 5.74) is 2.94. The highest BCUT2D eigenvalue weighted by Crippen LogP contribution is 2.34. The zero-order chi connectivity index (χ0) is 23.9. The van der Waals surface area contributed by atoms with Crippen LogP contribution >= 0.6 is 0 Å². The van der Waals surface area contributed by atoms with Gasteiger partial charge in [0.25, 0.3) is 0 Å². The van der Waals surface area contributed by atoms with Crippen LogP contribution in [0, 0.1) is 17.2 Å². The third-order valence-electron chi connectivity index (χ3n) is 6.44. The SMILES string of the molecule is CC(C)C(NC(=O)CN1CCN(Cc2ccc(C#N)cc2)CC1)c1ccc2c(c1)OCCCO2. The molecule has 2 aromatic rings. The minimum absolute atomic E-state index is 0.0475. The maximum Gasteiger partial charge on any atom is 0.234 e. The predicted octanol–water partition coefficient (Wildman–Crippen LogP) is 3.35. The third kappa shape index (κ3) is 6.28. The molecule has 0 aromatic heterocycles. The zero-order valence-corrected chi connectivity index (χ0v) is 20.1. The molecule has 0 saturated carbocycles. The molecule has 2 aliphatic rings. The van der Waals surface area contributed by atoms with E-state index < -0.39 is 0 Å². The first-order valence-corrected chi connectivity index (χ1v) is 12.1. The number of hydrogen-bond donors (Lipinski definition) is 1. The summed E-state index contributed by atoms with van der Waals surface area (Å²) >= 11 is 0. The van der Waals surface area contributed by atoms with Crippen molar-refractivity contribution in [1.82, 2.24) is 15.1 Å². The Hall–Kier alpha value is -3.08. The molecule has 34 heavy (non-hydrogen) atoms. The topological polar surface area (TPSA) is 77.8 Å². The van der Waals surface area contributed by atoms with Crippen molar-refractivity contribution in [3.63, 3.8) is 0 Å². The number of fused-ring (bicyclic) bond motifs is 1. The van der Waals surface area contributed by atoms with Crippen molar-refractivity contribution >= 4 is 5.91 Å². The van der Waals surface area contributed by atoms with Crippen LogP contribution in [0.25, 0.3) is 0 Å². The van der Waals surface area contributed by atoms with Gasteiger partial charge in [-0.25, -0.2) is 0 Å². The van der Waals surface area contributed by atoms with Crippen LogP contribution < -0.4 is 14.8 Å². The van der Waals surface area contributed by atoms with E-state index in [0.29, 0.717) is 25.3 Å². The fourth-order valence-corrected chi connectivity index (χ4v) is 4.48. The van der Waals surface area contributed by atoms with Gasteiger partial charge in [-0.15, -0.1) is 0 Å². The molecule has 180 valence electrons. The van der Waals surface area contributed by atoms with E-state index in [0.717, 1.165) is 56.2 Å². The van der Waals surface area contributed by atoms with E-state index in [9.17, 15) is 4.79 Å². The number of carbonyl (C=O) groups is 1. The minimum Gasteiger partial charge on any atom is -0.490 e. The van der Waals surface area contributed by atoms with E-state index in [2.05, 4.69) is 35.0 Å². The van der Waals surface area contributed by atoms with Gasteiger partial charge in [0.15, 0.2) is 11.5 Å². The van der Waals surface area contributed by atoms with E-state index in [-0.39, 0.29) is 17.9 Å². The van der Waals surface area contributed by atoms with Crippen LogP contribution in [0.15, 0.2) is 42.5 Å². The highest BCUT2D eigenvalue weighted by molar-refractivity contribution is 5.78. The minimum atomic E-state index is -0.0812. The molecule has 0 radical (unpaired) electrons. The van der Waals surface area contributed by atoms with Gasteiger partial charge in [-0.1, -0.05) is 32.0 Å². The van der Waals surface area contributed by atoms with E-state index in [1.807, 2.05) is 42.5 Å². The molecule has 1 unspecified atom stereocenters. The standard InChI is InChI=1S/C27H34N4O3/c1-20(2)27(23-8-9-24-25(16-23)34-15-3-14-33-24)29-26(32)19-31-12-10-30(11-13-31)18-22-6-4-21(17-28)5-7-22/h4-9,16,20,27H,3,10-15,18-19H2,1-2H3,(H,29,32).